The fourth-order valence-electron chi connectivity index (χ4n) is 2.93. The van der Waals surface area contributed by atoms with E-state index in [2.05, 4.69) is 0 Å². The summed E-state index contributed by atoms with van der Waals surface area (Å²) in [4.78, 5) is 14.7. The second-order valence-electron chi connectivity index (χ2n) is 6.08. The molecule has 1 unspecified atom stereocenters. The molecule has 0 spiro atoms. The number of halogens is 1. The third-order valence-electron chi connectivity index (χ3n) is 4.01. The lowest BCUT2D eigenvalue weighted by Gasteiger charge is -2.34. The van der Waals surface area contributed by atoms with Crippen LogP contribution in [0.25, 0.3) is 0 Å². The summed E-state index contributed by atoms with van der Waals surface area (Å²) >= 11 is 6.18. The van der Waals surface area contributed by atoms with Crippen molar-refractivity contribution in [2.45, 2.75) is 24.3 Å². The molecule has 1 atom stereocenters. The molecule has 25 heavy (non-hydrogen) atoms. The first-order chi connectivity index (χ1) is 11.8. The zero-order chi connectivity index (χ0) is 18.2. The Bertz CT molecular complexity index is 926. The third-order valence-corrected chi connectivity index (χ3v) is 5.51. The predicted molar refractivity (Wildman–Crippen MR) is 97.2 cm³/mol. The molecule has 1 aliphatic rings. The molecule has 5 nitrogen and oxygen atoms in total. The Hall–Kier alpha value is -2.05. The maximum Gasteiger partial charge on any atom is 0.231 e. The smallest absolute Gasteiger partial charge is 0.231 e. The molecule has 0 aromatic heterocycles. The topological polar surface area (TPSA) is 63.7 Å². The number of sulfone groups is 1. The zero-order valence-electron chi connectivity index (χ0n) is 13.9. The van der Waals surface area contributed by atoms with Crippen LogP contribution in [-0.4, -0.2) is 33.2 Å². The van der Waals surface area contributed by atoms with Crippen LogP contribution in [0.2, 0.25) is 5.02 Å². The molecule has 2 aromatic carbocycles. The molecule has 132 valence electrons. The maximum absolute atomic E-state index is 12.9. The van der Waals surface area contributed by atoms with E-state index >= 15 is 0 Å². The molecule has 0 fully saturated rings. The Morgan fingerprint density at radius 1 is 1.24 bits per heavy atom. The molecular formula is C18H18ClNO4S. The molecule has 0 radical (unpaired) electrons. The van der Waals surface area contributed by atoms with Gasteiger partial charge in [-0.3, -0.25) is 4.79 Å². The quantitative estimate of drug-likeness (QED) is 0.822. The summed E-state index contributed by atoms with van der Waals surface area (Å²) in [6, 6.07) is 11.8. The van der Waals surface area contributed by atoms with Crippen LogP contribution < -0.4 is 9.64 Å². The highest BCUT2D eigenvalue weighted by Crippen LogP contribution is 2.39. The average Bonchev–Trinajstić information content (AvgIpc) is 2.54. The van der Waals surface area contributed by atoms with Gasteiger partial charge in [-0.25, -0.2) is 8.42 Å². The van der Waals surface area contributed by atoms with E-state index < -0.39 is 9.84 Å². The number of carbonyl (C=O) groups is 1. The number of hydrogen-bond acceptors (Lipinski definition) is 4. The number of benzene rings is 2. The number of nitrogens with zero attached hydrogens (tertiary/aromatic N) is 1. The van der Waals surface area contributed by atoms with Crippen LogP contribution in [0.3, 0.4) is 0 Å². The number of ether oxygens (including phenoxy) is 1. The van der Waals surface area contributed by atoms with Crippen LogP contribution in [0.5, 0.6) is 5.75 Å². The number of para-hydroxylation sites is 1. The summed E-state index contributed by atoms with van der Waals surface area (Å²) in [6.07, 6.45) is 0.922. The molecule has 7 heteroatoms. The summed E-state index contributed by atoms with van der Waals surface area (Å²) in [6.45, 7) is 2.24. The SMILES string of the molecule is CC1CN(C(=O)Cc2ccccc2S(C)(=O)=O)c2cccc(Cl)c2O1. The zero-order valence-corrected chi connectivity index (χ0v) is 15.5. The van der Waals surface area contributed by atoms with Crippen molar-refractivity contribution in [2.24, 2.45) is 0 Å². The fraction of sp³-hybridized carbons (Fsp3) is 0.278. The number of amides is 1. The molecule has 1 amide bonds. The van der Waals surface area contributed by atoms with Gasteiger partial charge in [-0.2, -0.15) is 0 Å². The van der Waals surface area contributed by atoms with Gasteiger partial charge in [0, 0.05) is 6.26 Å². The number of hydrogen-bond donors (Lipinski definition) is 0. The van der Waals surface area contributed by atoms with E-state index in [9.17, 15) is 13.2 Å². The van der Waals surface area contributed by atoms with Gasteiger partial charge in [0.15, 0.2) is 15.6 Å². The van der Waals surface area contributed by atoms with Crippen molar-refractivity contribution in [3.05, 3.63) is 53.1 Å². The van der Waals surface area contributed by atoms with E-state index in [0.29, 0.717) is 28.6 Å². The van der Waals surface area contributed by atoms with E-state index in [1.165, 1.54) is 6.07 Å². The Kier molecular flexibility index (Phi) is 4.75. The van der Waals surface area contributed by atoms with Crippen molar-refractivity contribution >= 4 is 33.0 Å². The van der Waals surface area contributed by atoms with Gasteiger partial charge in [-0.1, -0.05) is 35.9 Å². The van der Waals surface area contributed by atoms with Gasteiger partial charge in [0.2, 0.25) is 5.91 Å². The number of fused-ring (bicyclic) bond motifs is 1. The minimum Gasteiger partial charge on any atom is -0.485 e. The molecule has 0 aliphatic carbocycles. The van der Waals surface area contributed by atoms with Crippen LogP contribution in [0.4, 0.5) is 5.69 Å². The molecule has 3 rings (SSSR count). The maximum atomic E-state index is 12.9. The standard InChI is InChI=1S/C18H18ClNO4S/c1-12-11-20(15-8-5-7-14(19)18(15)24-12)17(21)10-13-6-3-4-9-16(13)25(2,22)23/h3-9,12H,10-11H2,1-2H3. The lowest BCUT2D eigenvalue weighted by atomic mass is 10.1. The summed E-state index contributed by atoms with van der Waals surface area (Å²) in [5.74, 6) is 0.280. The number of carbonyl (C=O) groups excluding carboxylic acids is 1. The minimum atomic E-state index is -3.40. The minimum absolute atomic E-state index is 0.0120. The van der Waals surface area contributed by atoms with Crippen LogP contribution in [-0.2, 0) is 21.1 Å². The first kappa shape index (κ1) is 17.8. The third kappa shape index (κ3) is 3.65. The highest BCUT2D eigenvalue weighted by Gasteiger charge is 2.29. The van der Waals surface area contributed by atoms with Crippen molar-refractivity contribution in [2.75, 3.05) is 17.7 Å². The van der Waals surface area contributed by atoms with Crippen molar-refractivity contribution in [3.8, 4) is 5.75 Å². The van der Waals surface area contributed by atoms with Crippen LogP contribution in [0, 0.1) is 0 Å². The van der Waals surface area contributed by atoms with E-state index in [1.807, 2.05) is 6.92 Å². The highest BCUT2D eigenvalue weighted by molar-refractivity contribution is 7.90. The molecule has 0 bridgehead atoms. The first-order valence-electron chi connectivity index (χ1n) is 7.81. The molecule has 0 N–H and O–H groups in total. The molecule has 0 saturated carbocycles. The summed E-state index contributed by atoms with van der Waals surface area (Å²) in [7, 11) is -3.40. The monoisotopic (exact) mass is 379 g/mol. The van der Waals surface area contributed by atoms with Gasteiger partial charge in [0.25, 0.3) is 0 Å². The van der Waals surface area contributed by atoms with E-state index in [4.69, 9.17) is 16.3 Å². The van der Waals surface area contributed by atoms with Crippen LogP contribution in [0.1, 0.15) is 12.5 Å². The lowest BCUT2D eigenvalue weighted by molar-refractivity contribution is -0.118. The van der Waals surface area contributed by atoms with Gasteiger partial charge in [0.1, 0.15) is 6.10 Å². The van der Waals surface area contributed by atoms with Crippen LogP contribution in [0.15, 0.2) is 47.4 Å². The number of rotatable bonds is 3. The number of anilines is 1. The van der Waals surface area contributed by atoms with Crippen molar-refractivity contribution < 1.29 is 17.9 Å². The van der Waals surface area contributed by atoms with E-state index in [-0.39, 0.29) is 23.3 Å². The summed E-state index contributed by atoms with van der Waals surface area (Å²) in [5, 5.41) is 0.443. The van der Waals surface area contributed by atoms with Gasteiger partial charge < -0.3 is 9.64 Å². The summed E-state index contributed by atoms with van der Waals surface area (Å²) < 4.78 is 29.6. The first-order valence-corrected chi connectivity index (χ1v) is 10.1. The molecule has 2 aromatic rings. The molecule has 1 aliphatic heterocycles. The Morgan fingerprint density at radius 2 is 1.96 bits per heavy atom. The second-order valence-corrected chi connectivity index (χ2v) is 8.47. The fourth-order valence-corrected chi connectivity index (χ4v) is 4.08. The molecular weight excluding hydrogens is 362 g/mol. The van der Waals surface area contributed by atoms with Gasteiger partial charge >= 0.3 is 0 Å². The Labute approximate surface area is 152 Å². The highest BCUT2D eigenvalue weighted by atomic mass is 35.5. The lowest BCUT2D eigenvalue weighted by Crippen LogP contribution is -2.43. The Morgan fingerprint density at radius 3 is 2.68 bits per heavy atom. The van der Waals surface area contributed by atoms with Gasteiger partial charge in [-0.15, -0.1) is 0 Å². The molecule has 0 saturated heterocycles. The average molecular weight is 380 g/mol. The Balaban J connectivity index is 1.95. The predicted octanol–water partition coefficient (Wildman–Crippen LogP) is 3.10. The van der Waals surface area contributed by atoms with Crippen LogP contribution >= 0.6 is 11.6 Å². The van der Waals surface area contributed by atoms with Gasteiger partial charge in [0.05, 0.1) is 28.6 Å². The second kappa shape index (κ2) is 6.69. The van der Waals surface area contributed by atoms with Crippen molar-refractivity contribution in [1.82, 2.24) is 0 Å². The van der Waals surface area contributed by atoms with Gasteiger partial charge in [-0.05, 0) is 30.7 Å². The van der Waals surface area contributed by atoms with E-state index in [1.54, 1.807) is 41.3 Å². The largest absolute Gasteiger partial charge is 0.485 e. The molecule has 1 heterocycles. The normalized spacial score (nSPS) is 16.9. The van der Waals surface area contributed by atoms with Crippen molar-refractivity contribution in [1.29, 1.82) is 0 Å². The summed E-state index contributed by atoms with van der Waals surface area (Å²) in [5.41, 5.74) is 1.09. The van der Waals surface area contributed by atoms with E-state index in [0.717, 1.165) is 6.26 Å². The van der Waals surface area contributed by atoms with Crippen molar-refractivity contribution in [3.63, 3.8) is 0 Å².